The van der Waals surface area contributed by atoms with Crippen LogP contribution in [0.2, 0.25) is 36.3 Å². The standard InChI is InChI=1S/C38H72O9Si2/c1-24-19-25(39)38-30(46-38)29-35(13,21-28(43-23-42-14)37(24,41)34(38,11)12)26(45-31(2,3)4)20-27(47-49(17,18)33(8,9)10)36(29,40)22-44-48(15,16)32(5,6)7/h19,25-30,39-41H,20-23H2,1-18H3/t25-,26+,27+,28-,29-,30-,35-,36+,37+,38-/m1/s1. The second-order valence-corrected chi connectivity index (χ2v) is 30.2. The molecule has 0 unspecified atom stereocenters. The van der Waals surface area contributed by atoms with Crippen LogP contribution in [0.15, 0.2) is 11.6 Å². The van der Waals surface area contributed by atoms with Crippen molar-refractivity contribution in [1.29, 1.82) is 0 Å². The summed E-state index contributed by atoms with van der Waals surface area (Å²) in [5.74, 6) is -0.612. The highest BCUT2D eigenvalue weighted by atomic mass is 28.4. The lowest BCUT2D eigenvalue weighted by molar-refractivity contribution is -0.279. The van der Waals surface area contributed by atoms with Crippen molar-refractivity contribution in [3.05, 3.63) is 11.6 Å². The fourth-order valence-electron chi connectivity index (χ4n) is 8.91. The summed E-state index contributed by atoms with van der Waals surface area (Å²) in [4.78, 5) is 0. The predicted octanol–water partition coefficient (Wildman–Crippen LogP) is 6.95. The number of rotatable bonds is 9. The van der Waals surface area contributed by atoms with E-state index >= 15 is 0 Å². The molecule has 0 radical (unpaired) electrons. The van der Waals surface area contributed by atoms with Gasteiger partial charge in [-0.15, -0.1) is 0 Å². The van der Waals surface area contributed by atoms with Crippen molar-refractivity contribution in [2.45, 2.75) is 192 Å². The average Bonchev–Trinajstić information content (AvgIpc) is 3.65. The van der Waals surface area contributed by atoms with Crippen LogP contribution in [0, 0.1) is 16.7 Å². The molecule has 0 aromatic carbocycles. The molecular formula is C38H72O9Si2. The summed E-state index contributed by atoms with van der Waals surface area (Å²) in [5.41, 5.74) is -5.98. The molecule has 0 aromatic rings. The second kappa shape index (κ2) is 12.4. The minimum atomic E-state index is -2.45. The molecule has 10 atom stereocenters. The van der Waals surface area contributed by atoms with E-state index in [0.29, 0.717) is 18.4 Å². The summed E-state index contributed by atoms with van der Waals surface area (Å²) in [6.07, 6.45) is -0.991. The van der Waals surface area contributed by atoms with Gasteiger partial charge >= 0.3 is 0 Å². The number of aliphatic hydroxyl groups is 3. The molecular weight excluding hydrogens is 657 g/mol. The Kier molecular flexibility index (Phi) is 10.5. The van der Waals surface area contributed by atoms with Crippen molar-refractivity contribution in [1.82, 2.24) is 0 Å². The Morgan fingerprint density at radius 1 is 0.878 bits per heavy atom. The molecule has 11 heteroatoms. The van der Waals surface area contributed by atoms with Crippen LogP contribution in [-0.4, -0.2) is 105 Å². The van der Waals surface area contributed by atoms with Gasteiger partial charge < -0.3 is 43.1 Å². The van der Waals surface area contributed by atoms with Crippen molar-refractivity contribution in [2.75, 3.05) is 20.5 Å². The maximum atomic E-state index is 13.7. The fourth-order valence-corrected chi connectivity index (χ4v) is 11.3. The van der Waals surface area contributed by atoms with Crippen molar-refractivity contribution in [3.8, 4) is 0 Å². The molecule has 9 nitrogen and oxygen atoms in total. The van der Waals surface area contributed by atoms with Gasteiger partial charge in [-0.05, 0) is 76.0 Å². The zero-order valence-electron chi connectivity index (χ0n) is 34.2. The van der Waals surface area contributed by atoms with Gasteiger partial charge in [-0.25, -0.2) is 0 Å². The number of methoxy groups -OCH3 is 1. The van der Waals surface area contributed by atoms with Crippen molar-refractivity contribution in [3.63, 3.8) is 0 Å². The summed E-state index contributed by atoms with van der Waals surface area (Å²) in [6.45, 7) is 36.2. The Bertz CT molecular complexity index is 1260. The van der Waals surface area contributed by atoms with E-state index in [2.05, 4.69) is 95.4 Å². The largest absolute Gasteiger partial charge is 0.414 e. The third-order valence-corrected chi connectivity index (χ3v) is 23.0. The van der Waals surface area contributed by atoms with Crippen LogP contribution in [0.25, 0.3) is 0 Å². The molecule has 0 amide bonds. The molecule has 1 spiro atoms. The zero-order valence-corrected chi connectivity index (χ0v) is 36.2. The van der Waals surface area contributed by atoms with Gasteiger partial charge in [0, 0.05) is 30.3 Å². The van der Waals surface area contributed by atoms with Gasteiger partial charge in [0.25, 0.3) is 0 Å². The maximum Gasteiger partial charge on any atom is 0.192 e. The van der Waals surface area contributed by atoms with E-state index in [1.54, 1.807) is 13.2 Å². The molecule has 3 fully saturated rings. The first-order chi connectivity index (χ1) is 21.8. The Morgan fingerprint density at radius 3 is 1.92 bits per heavy atom. The van der Waals surface area contributed by atoms with Crippen LogP contribution < -0.4 is 0 Å². The summed E-state index contributed by atoms with van der Waals surface area (Å²) < 4.78 is 40.2. The molecule has 1 aliphatic heterocycles. The highest BCUT2D eigenvalue weighted by Crippen LogP contribution is 2.72. The highest BCUT2D eigenvalue weighted by molar-refractivity contribution is 6.74. The van der Waals surface area contributed by atoms with Crippen molar-refractivity contribution in [2.24, 2.45) is 16.7 Å². The van der Waals surface area contributed by atoms with Crippen LogP contribution in [0.1, 0.15) is 103 Å². The molecule has 3 N–H and O–H groups in total. The first kappa shape index (κ1) is 41.6. The molecule has 1 saturated heterocycles. The fraction of sp³-hybridized carbons (Fsp3) is 0.947. The van der Waals surface area contributed by atoms with Gasteiger partial charge in [0.2, 0.25) is 0 Å². The Balaban J connectivity index is 2.04. The molecule has 2 saturated carbocycles. The van der Waals surface area contributed by atoms with Gasteiger partial charge in [0.15, 0.2) is 16.6 Å². The van der Waals surface area contributed by atoms with Crippen LogP contribution in [-0.2, 0) is 27.8 Å². The van der Waals surface area contributed by atoms with Gasteiger partial charge in [0.1, 0.15) is 29.7 Å². The number of ether oxygens (including phenoxy) is 4. The third-order valence-electron chi connectivity index (χ3n) is 14.0. The first-order valence-corrected chi connectivity index (χ1v) is 24.2. The third kappa shape index (κ3) is 6.44. The van der Waals surface area contributed by atoms with Crippen LogP contribution >= 0.6 is 0 Å². The van der Waals surface area contributed by atoms with Crippen LogP contribution in [0.4, 0.5) is 0 Å². The van der Waals surface area contributed by atoms with Crippen molar-refractivity contribution >= 4 is 16.6 Å². The van der Waals surface area contributed by atoms with Gasteiger partial charge in [-0.2, -0.15) is 0 Å². The SMILES string of the molecule is COCO[C@@H]1C[C@]2(C)[C@@H](OC(C)(C)C)C[C@H](O[Si](C)(C)C(C)(C)C)[C@@](O)(CO[Si](C)(C)C(C)(C)C)[C@@H]2[C@H]2O[C@]23[C@H](O)C=C(C)[C@@]1(O)C3(C)C. The number of hydrogen-bond donors (Lipinski definition) is 3. The highest BCUT2D eigenvalue weighted by Gasteiger charge is 2.84. The van der Waals surface area contributed by atoms with E-state index in [4.69, 9.17) is 27.8 Å². The van der Waals surface area contributed by atoms with Crippen LogP contribution in [0.3, 0.4) is 0 Å². The van der Waals surface area contributed by atoms with E-state index in [9.17, 15) is 15.3 Å². The monoisotopic (exact) mass is 728 g/mol. The zero-order chi connectivity index (χ0) is 37.8. The minimum Gasteiger partial charge on any atom is -0.414 e. The number of hydrogen-bond acceptors (Lipinski definition) is 9. The van der Waals surface area contributed by atoms with Gasteiger partial charge in [-0.1, -0.05) is 68.4 Å². The van der Waals surface area contributed by atoms with Crippen LogP contribution in [0.5, 0.6) is 0 Å². The lowest BCUT2D eigenvalue weighted by Crippen LogP contribution is -2.75. The summed E-state index contributed by atoms with van der Waals surface area (Å²) in [5, 5.41) is 38.5. The molecule has 2 bridgehead atoms. The van der Waals surface area contributed by atoms with E-state index in [0.717, 1.165) is 0 Å². The molecule has 49 heavy (non-hydrogen) atoms. The Labute approximate surface area is 300 Å². The van der Waals surface area contributed by atoms with Gasteiger partial charge in [-0.3, -0.25) is 0 Å². The van der Waals surface area contributed by atoms with E-state index in [-0.39, 0.29) is 23.5 Å². The number of aliphatic hydroxyl groups excluding tert-OH is 1. The minimum absolute atomic E-state index is 0.0302. The summed E-state index contributed by atoms with van der Waals surface area (Å²) >= 11 is 0. The predicted molar refractivity (Wildman–Crippen MR) is 198 cm³/mol. The molecule has 4 rings (SSSR count). The van der Waals surface area contributed by atoms with E-state index in [1.807, 2.05) is 20.8 Å². The lowest BCUT2D eigenvalue weighted by atomic mass is 9.45. The molecule has 0 aromatic heterocycles. The number of epoxide rings is 1. The van der Waals surface area contributed by atoms with Gasteiger partial charge in [0.05, 0.1) is 36.6 Å². The van der Waals surface area contributed by atoms with E-state index < -0.39 is 86.3 Å². The first-order valence-electron chi connectivity index (χ1n) is 18.4. The second-order valence-electron chi connectivity index (χ2n) is 20.6. The number of fused-ring (bicyclic) bond motifs is 3. The maximum absolute atomic E-state index is 13.7. The smallest absolute Gasteiger partial charge is 0.192 e. The average molecular weight is 729 g/mol. The molecule has 1 heterocycles. The quantitative estimate of drug-likeness (QED) is 0.100. The Hall–Kier alpha value is -0.186. The molecule has 3 aliphatic carbocycles. The Morgan fingerprint density at radius 2 is 1.43 bits per heavy atom. The van der Waals surface area contributed by atoms with E-state index in [1.165, 1.54) is 0 Å². The molecule has 4 aliphatic rings. The lowest BCUT2D eigenvalue weighted by Gasteiger charge is -2.64. The summed E-state index contributed by atoms with van der Waals surface area (Å²) in [7, 11) is -3.25. The topological polar surface area (TPSA) is 119 Å². The van der Waals surface area contributed by atoms with Crippen molar-refractivity contribution < 1.29 is 43.1 Å². The normalized spacial score (nSPS) is 41.3. The summed E-state index contributed by atoms with van der Waals surface area (Å²) in [6, 6.07) is 0. The molecule has 286 valence electrons.